The Kier molecular flexibility index (Phi) is 4.03. The van der Waals surface area contributed by atoms with Gasteiger partial charge in [-0.2, -0.15) is 0 Å². The van der Waals surface area contributed by atoms with Gasteiger partial charge in [-0.1, -0.05) is 26.7 Å². The van der Waals surface area contributed by atoms with Crippen molar-refractivity contribution in [1.29, 1.82) is 0 Å². The highest BCUT2D eigenvalue weighted by molar-refractivity contribution is 5.01. The molecule has 0 saturated carbocycles. The Bertz CT molecular complexity index is 212. The molecule has 0 spiro atoms. The van der Waals surface area contributed by atoms with Crippen LogP contribution in [0.2, 0.25) is 0 Å². The predicted molar refractivity (Wildman–Crippen MR) is 52.4 cm³/mol. The van der Waals surface area contributed by atoms with Crippen molar-refractivity contribution in [3.8, 4) is 0 Å². The van der Waals surface area contributed by atoms with Gasteiger partial charge in [0.2, 0.25) is 0 Å². The Hall–Kier alpha value is -0.760. The van der Waals surface area contributed by atoms with Crippen LogP contribution >= 0.6 is 0 Å². The molecule has 1 aromatic rings. The van der Waals surface area contributed by atoms with Gasteiger partial charge in [0.05, 0.1) is 6.26 Å². The Morgan fingerprint density at radius 3 is 2.54 bits per heavy atom. The normalized spacial score (nSPS) is 13.5. The van der Waals surface area contributed by atoms with Crippen LogP contribution in [0.5, 0.6) is 0 Å². The lowest BCUT2D eigenvalue weighted by Crippen LogP contribution is -2.05. The summed E-state index contributed by atoms with van der Waals surface area (Å²) in [7, 11) is 0. The average Bonchev–Trinajstić information content (AvgIpc) is 2.66. The molecule has 2 nitrogen and oxygen atoms in total. The molecule has 2 heteroatoms. The highest BCUT2D eigenvalue weighted by Gasteiger charge is 2.14. The van der Waals surface area contributed by atoms with Gasteiger partial charge in [0.1, 0.15) is 11.9 Å². The topological polar surface area (TPSA) is 33.4 Å². The first kappa shape index (κ1) is 10.3. The molecular weight excluding hydrogens is 164 g/mol. The van der Waals surface area contributed by atoms with Crippen molar-refractivity contribution >= 4 is 0 Å². The fourth-order valence-corrected chi connectivity index (χ4v) is 1.53. The van der Waals surface area contributed by atoms with Crippen LogP contribution in [-0.4, -0.2) is 5.11 Å². The van der Waals surface area contributed by atoms with Crippen LogP contribution in [0.25, 0.3) is 0 Å². The van der Waals surface area contributed by atoms with Crippen molar-refractivity contribution in [3.63, 3.8) is 0 Å². The quantitative estimate of drug-likeness (QED) is 0.758. The Morgan fingerprint density at radius 1 is 1.38 bits per heavy atom. The minimum absolute atomic E-state index is 0.431. The average molecular weight is 182 g/mol. The molecule has 0 radical (unpaired) electrons. The lowest BCUT2D eigenvalue weighted by Gasteiger charge is -2.15. The van der Waals surface area contributed by atoms with E-state index in [9.17, 15) is 5.11 Å². The van der Waals surface area contributed by atoms with Crippen molar-refractivity contribution < 1.29 is 9.52 Å². The Labute approximate surface area is 79.6 Å². The van der Waals surface area contributed by atoms with Gasteiger partial charge in [-0.25, -0.2) is 0 Å². The summed E-state index contributed by atoms with van der Waals surface area (Å²) in [5, 5.41) is 9.75. The van der Waals surface area contributed by atoms with E-state index in [4.69, 9.17) is 4.42 Å². The van der Waals surface area contributed by atoms with Gasteiger partial charge < -0.3 is 9.52 Å². The second kappa shape index (κ2) is 5.07. The van der Waals surface area contributed by atoms with Crippen LogP contribution in [0.3, 0.4) is 0 Å². The number of furan rings is 1. The maximum absolute atomic E-state index is 9.75. The third-order valence-electron chi connectivity index (χ3n) is 2.58. The first-order chi connectivity index (χ1) is 6.27. The van der Waals surface area contributed by atoms with Crippen molar-refractivity contribution in [2.24, 2.45) is 5.92 Å². The lowest BCUT2D eigenvalue weighted by molar-refractivity contribution is 0.117. The van der Waals surface area contributed by atoms with E-state index in [0.717, 1.165) is 19.3 Å². The van der Waals surface area contributed by atoms with Crippen LogP contribution in [0.15, 0.2) is 22.8 Å². The van der Waals surface area contributed by atoms with Crippen molar-refractivity contribution in [3.05, 3.63) is 24.2 Å². The molecular formula is C11H18O2. The number of hydrogen-bond acceptors (Lipinski definition) is 2. The first-order valence-corrected chi connectivity index (χ1v) is 4.99. The van der Waals surface area contributed by atoms with E-state index in [1.165, 1.54) is 0 Å². The summed E-state index contributed by atoms with van der Waals surface area (Å²) in [4.78, 5) is 0. The first-order valence-electron chi connectivity index (χ1n) is 4.99. The summed E-state index contributed by atoms with van der Waals surface area (Å²) in [6.45, 7) is 4.31. The van der Waals surface area contributed by atoms with Crippen molar-refractivity contribution in [2.75, 3.05) is 0 Å². The highest BCUT2D eigenvalue weighted by Crippen LogP contribution is 2.24. The van der Waals surface area contributed by atoms with E-state index in [-0.39, 0.29) is 0 Å². The molecule has 0 aliphatic rings. The van der Waals surface area contributed by atoms with E-state index in [1.807, 2.05) is 12.1 Å². The van der Waals surface area contributed by atoms with Crippen LogP contribution < -0.4 is 0 Å². The van der Waals surface area contributed by atoms with Crippen LogP contribution in [-0.2, 0) is 0 Å². The summed E-state index contributed by atoms with van der Waals surface area (Å²) in [5.41, 5.74) is 0. The lowest BCUT2D eigenvalue weighted by atomic mass is 9.95. The van der Waals surface area contributed by atoms with Gasteiger partial charge in [-0.3, -0.25) is 0 Å². The van der Waals surface area contributed by atoms with Gasteiger partial charge in [0, 0.05) is 0 Å². The molecule has 0 aromatic carbocycles. The maximum atomic E-state index is 9.75. The molecule has 0 bridgehead atoms. The molecule has 1 aromatic heterocycles. The summed E-state index contributed by atoms with van der Waals surface area (Å²) in [5.74, 6) is 1.28. The van der Waals surface area contributed by atoms with Gasteiger partial charge in [0.15, 0.2) is 0 Å². The summed E-state index contributed by atoms with van der Waals surface area (Å²) < 4.78 is 5.14. The van der Waals surface area contributed by atoms with Crippen LogP contribution in [0.1, 0.15) is 45.0 Å². The fraction of sp³-hybridized carbons (Fsp3) is 0.636. The van der Waals surface area contributed by atoms with E-state index in [1.54, 1.807) is 6.26 Å². The zero-order chi connectivity index (χ0) is 9.68. The van der Waals surface area contributed by atoms with E-state index >= 15 is 0 Å². The molecule has 1 N–H and O–H groups in total. The predicted octanol–water partition coefficient (Wildman–Crippen LogP) is 3.14. The molecule has 0 aliphatic carbocycles. The number of hydrogen-bond donors (Lipinski definition) is 1. The van der Waals surface area contributed by atoms with E-state index < -0.39 is 6.10 Å². The second-order valence-corrected chi connectivity index (χ2v) is 3.45. The highest BCUT2D eigenvalue weighted by atomic mass is 16.4. The molecule has 1 heterocycles. The third kappa shape index (κ3) is 2.88. The minimum atomic E-state index is -0.431. The molecule has 0 aliphatic heterocycles. The van der Waals surface area contributed by atoms with Crippen molar-refractivity contribution in [2.45, 2.75) is 39.2 Å². The molecule has 1 unspecified atom stereocenters. The molecule has 0 fully saturated rings. The smallest absolute Gasteiger partial charge is 0.132 e. The zero-order valence-corrected chi connectivity index (χ0v) is 8.36. The van der Waals surface area contributed by atoms with Gasteiger partial charge in [-0.15, -0.1) is 0 Å². The fourth-order valence-electron chi connectivity index (χ4n) is 1.53. The number of rotatable bonds is 5. The van der Waals surface area contributed by atoms with Crippen LogP contribution in [0, 0.1) is 5.92 Å². The maximum Gasteiger partial charge on any atom is 0.132 e. The molecule has 1 rings (SSSR count). The molecule has 13 heavy (non-hydrogen) atoms. The van der Waals surface area contributed by atoms with Gasteiger partial charge in [-0.05, 0) is 24.5 Å². The third-order valence-corrected chi connectivity index (χ3v) is 2.58. The number of aliphatic hydroxyl groups excluding tert-OH is 1. The Balaban J connectivity index is 2.45. The Morgan fingerprint density at radius 2 is 2.08 bits per heavy atom. The minimum Gasteiger partial charge on any atom is -0.467 e. The zero-order valence-electron chi connectivity index (χ0n) is 8.36. The molecule has 74 valence electrons. The van der Waals surface area contributed by atoms with Gasteiger partial charge in [0.25, 0.3) is 0 Å². The summed E-state index contributed by atoms with van der Waals surface area (Å²) >= 11 is 0. The largest absolute Gasteiger partial charge is 0.467 e. The van der Waals surface area contributed by atoms with Crippen molar-refractivity contribution in [1.82, 2.24) is 0 Å². The van der Waals surface area contributed by atoms with Gasteiger partial charge >= 0.3 is 0 Å². The second-order valence-electron chi connectivity index (χ2n) is 3.45. The van der Waals surface area contributed by atoms with Crippen LogP contribution in [0.4, 0.5) is 0 Å². The molecule has 1 atom stereocenters. The molecule has 0 amide bonds. The monoisotopic (exact) mass is 182 g/mol. The summed E-state index contributed by atoms with van der Waals surface area (Å²) in [6, 6.07) is 3.64. The van der Waals surface area contributed by atoms with E-state index in [2.05, 4.69) is 13.8 Å². The standard InChI is InChI=1S/C11H18O2/c1-3-9(4-2)8-10(12)11-6-5-7-13-11/h5-7,9-10,12H,3-4,8H2,1-2H3. The SMILES string of the molecule is CCC(CC)CC(O)c1ccco1. The van der Waals surface area contributed by atoms with E-state index in [0.29, 0.717) is 11.7 Å². The number of aliphatic hydroxyl groups is 1. The molecule has 0 saturated heterocycles. The summed E-state index contributed by atoms with van der Waals surface area (Å²) in [6.07, 6.45) is 4.22.